The molecule has 9 heteroatoms. The molecule has 0 unspecified atom stereocenters. The van der Waals surface area contributed by atoms with Gasteiger partial charge in [0.25, 0.3) is 0 Å². The fraction of sp³-hybridized carbons (Fsp3) is 0.379. The zero-order valence-corrected chi connectivity index (χ0v) is 21.9. The minimum Gasteiger partial charge on any atom is -0.486 e. The molecule has 4 aromatic rings. The maximum Gasteiger partial charge on any atom is 0.227 e. The Morgan fingerprint density at radius 1 is 1.08 bits per heavy atom. The lowest BCUT2D eigenvalue weighted by atomic mass is 9.88. The molecule has 4 heterocycles. The largest absolute Gasteiger partial charge is 0.486 e. The van der Waals surface area contributed by atoms with E-state index in [0.29, 0.717) is 30.3 Å². The van der Waals surface area contributed by atoms with Crippen LogP contribution in [-0.2, 0) is 0 Å². The van der Waals surface area contributed by atoms with Crippen LogP contribution in [0, 0.1) is 11.6 Å². The number of piperidine rings is 1. The molecule has 0 aliphatic carbocycles. The monoisotopic (exact) mass is 518 g/mol. The molecule has 2 aromatic heterocycles. The van der Waals surface area contributed by atoms with E-state index in [1.54, 1.807) is 6.07 Å². The van der Waals surface area contributed by atoms with E-state index in [0.717, 1.165) is 48.7 Å². The van der Waals surface area contributed by atoms with E-state index in [1.807, 2.05) is 32.2 Å². The fourth-order valence-corrected chi connectivity index (χ4v) is 5.67. The summed E-state index contributed by atoms with van der Waals surface area (Å²) in [6.07, 6.45) is 5.31. The molecule has 2 aliphatic heterocycles. The first-order chi connectivity index (χ1) is 18.4. The van der Waals surface area contributed by atoms with Crippen molar-refractivity contribution in [1.82, 2.24) is 19.9 Å². The Balaban J connectivity index is 1.33. The number of hydrogen-bond acceptors (Lipinski definition) is 6. The first-order valence-electron chi connectivity index (χ1n) is 13.2. The van der Waals surface area contributed by atoms with Crippen LogP contribution in [0.25, 0.3) is 22.2 Å². The van der Waals surface area contributed by atoms with Crippen LogP contribution in [0.15, 0.2) is 42.7 Å². The van der Waals surface area contributed by atoms with Crippen molar-refractivity contribution in [3.05, 3.63) is 59.9 Å². The summed E-state index contributed by atoms with van der Waals surface area (Å²) in [5, 5.41) is 4.29. The maximum atomic E-state index is 15.0. The van der Waals surface area contributed by atoms with Gasteiger partial charge in [-0.2, -0.15) is 0 Å². The Morgan fingerprint density at radius 2 is 1.89 bits per heavy atom. The summed E-state index contributed by atoms with van der Waals surface area (Å²) in [6.45, 7) is 7.28. The summed E-state index contributed by atoms with van der Waals surface area (Å²) in [5.74, 6) is -0.212. The van der Waals surface area contributed by atoms with Gasteiger partial charge in [0.05, 0.1) is 29.6 Å². The summed E-state index contributed by atoms with van der Waals surface area (Å²) < 4.78 is 35.6. The van der Waals surface area contributed by atoms with Crippen LogP contribution in [0.4, 0.5) is 26.1 Å². The van der Waals surface area contributed by atoms with Crippen LogP contribution in [0.2, 0.25) is 0 Å². The molecular weight excluding hydrogens is 486 g/mol. The molecule has 198 valence electrons. The molecule has 2 aromatic carbocycles. The smallest absolute Gasteiger partial charge is 0.227 e. The molecular formula is C29H32F2N6O. The Hall–Kier alpha value is -3.72. The molecule has 7 nitrogen and oxygen atoms in total. The highest BCUT2D eigenvalue weighted by atomic mass is 19.1. The highest BCUT2D eigenvalue weighted by molar-refractivity contribution is 5.95. The van der Waals surface area contributed by atoms with E-state index < -0.39 is 11.6 Å². The predicted molar refractivity (Wildman–Crippen MR) is 146 cm³/mol. The molecule has 2 N–H and O–H groups in total. The van der Waals surface area contributed by atoms with Gasteiger partial charge in [-0.05, 0) is 82.6 Å². The zero-order chi connectivity index (χ0) is 26.4. The lowest BCUT2D eigenvalue weighted by Crippen LogP contribution is -2.38. The van der Waals surface area contributed by atoms with Crippen molar-refractivity contribution in [3.8, 4) is 17.0 Å². The Bertz CT molecular complexity index is 1480. The third-order valence-electron chi connectivity index (χ3n) is 7.71. The van der Waals surface area contributed by atoms with Crippen LogP contribution in [-0.4, -0.2) is 59.2 Å². The number of rotatable bonds is 5. The molecule has 0 saturated carbocycles. The highest BCUT2D eigenvalue weighted by Gasteiger charge is 2.26. The number of halogens is 2. The van der Waals surface area contributed by atoms with Crippen LogP contribution in [0.3, 0.4) is 0 Å². The van der Waals surface area contributed by atoms with Crippen LogP contribution in [0.1, 0.15) is 38.2 Å². The Morgan fingerprint density at radius 3 is 2.68 bits per heavy atom. The standard InChI is InChI=1S/C29H32F2N6O/c1-17(2)37-12-13-38-28-22(30)14-19(15-25(28)37)26-23(31)16-33-29(35-26)34-24-5-4-20(27-21(24)6-9-32-27)18-7-10-36(3)11-8-18/h4-6,9,14-18,32H,7-8,10-13H2,1-3H3,(H,33,34,35). The molecule has 6 rings (SSSR count). The van der Waals surface area contributed by atoms with Gasteiger partial charge in [0.1, 0.15) is 12.3 Å². The first kappa shape index (κ1) is 24.6. The molecule has 0 spiro atoms. The molecule has 0 amide bonds. The second-order valence-electron chi connectivity index (χ2n) is 10.5. The normalized spacial score (nSPS) is 16.6. The van der Waals surface area contributed by atoms with Crippen LogP contribution < -0.4 is 15.0 Å². The molecule has 0 radical (unpaired) electrons. The number of anilines is 3. The number of benzene rings is 2. The number of nitrogens with zero attached hydrogens (tertiary/aromatic N) is 4. The SMILES string of the molecule is CC(C)N1CCOc2c(F)cc(-c3nc(Nc4ccc(C5CCN(C)CC5)c5[nH]ccc45)ncc3F)cc21. The first-order valence-corrected chi connectivity index (χ1v) is 13.2. The minimum absolute atomic E-state index is 0.0340. The van der Waals surface area contributed by atoms with Gasteiger partial charge in [-0.15, -0.1) is 0 Å². The van der Waals surface area contributed by atoms with Crippen LogP contribution >= 0.6 is 0 Å². The predicted octanol–water partition coefficient (Wildman–Crippen LogP) is 6.06. The van der Waals surface area contributed by atoms with Gasteiger partial charge in [-0.3, -0.25) is 0 Å². The zero-order valence-electron chi connectivity index (χ0n) is 21.9. The lowest BCUT2D eigenvalue weighted by molar-refractivity contribution is 0.256. The number of ether oxygens (including phenoxy) is 1. The van der Waals surface area contributed by atoms with E-state index in [2.05, 4.69) is 43.2 Å². The van der Waals surface area contributed by atoms with E-state index in [4.69, 9.17) is 4.74 Å². The van der Waals surface area contributed by atoms with Gasteiger partial charge in [-0.1, -0.05) is 6.07 Å². The third kappa shape index (κ3) is 4.45. The molecule has 1 saturated heterocycles. The van der Waals surface area contributed by atoms with Crippen molar-refractivity contribution >= 4 is 28.2 Å². The average molecular weight is 519 g/mol. The quantitative estimate of drug-likeness (QED) is 0.335. The second-order valence-corrected chi connectivity index (χ2v) is 10.5. The molecule has 0 atom stereocenters. The summed E-state index contributed by atoms with van der Waals surface area (Å²) >= 11 is 0. The second kappa shape index (κ2) is 9.87. The van der Waals surface area contributed by atoms with Crippen molar-refractivity contribution in [2.75, 3.05) is 43.5 Å². The van der Waals surface area contributed by atoms with Gasteiger partial charge in [0.2, 0.25) is 5.95 Å². The van der Waals surface area contributed by atoms with E-state index in [1.165, 1.54) is 11.6 Å². The van der Waals surface area contributed by atoms with Crippen molar-refractivity contribution in [1.29, 1.82) is 0 Å². The average Bonchev–Trinajstić information content (AvgIpc) is 3.41. The maximum absolute atomic E-state index is 15.0. The summed E-state index contributed by atoms with van der Waals surface area (Å²) in [4.78, 5) is 16.5. The molecule has 0 bridgehead atoms. The van der Waals surface area contributed by atoms with Gasteiger partial charge < -0.3 is 24.8 Å². The highest BCUT2D eigenvalue weighted by Crippen LogP contribution is 2.40. The van der Waals surface area contributed by atoms with Gasteiger partial charge in [0.15, 0.2) is 17.4 Å². The van der Waals surface area contributed by atoms with Crippen LogP contribution in [0.5, 0.6) is 5.75 Å². The number of likely N-dealkylation sites (tertiary alicyclic amines) is 1. The number of nitrogens with one attached hydrogen (secondary N) is 2. The number of hydrogen-bond donors (Lipinski definition) is 2. The lowest BCUT2D eigenvalue weighted by Gasteiger charge is -2.34. The van der Waals surface area contributed by atoms with E-state index in [-0.39, 0.29) is 23.4 Å². The van der Waals surface area contributed by atoms with Crippen molar-refractivity contribution in [2.45, 2.75) is 38.6 Å². The third-order valence-corrected chi connectivity index (χ3v) is 7.71. The fourth-order valence-electron chi connectivity index (χ4n) is 5.67. The molecule has 2 aliphatic rings. The Kier molecular flexibility index (Phi) is 6.39. The number of aromatic amines is 1. The van der Waals surface area contributed by atoms with Crippen molar-refractivity contribution in [2.24, 2.45) is 0 Å². The van der Waals surface area contributed by atoms with Crippen molar-refractivity contribution in [3.63, 3.8) is 0 Å². The van der Waals surface area contributed by atoms with E-state index >= 15 is 4.39 Å². The number of aromatic nitrogens is 3. The van der Waals surface area contributed by atoms with E-state index in [9.17, 15) is 4.39 Å². The summed E-state index contributed by atoms with van der Waals surface area (Å²) in [5.41, 5.74) is 4.21. The minimum atomic E-state index is -0.618. The van der Waals surface area contributed by atoms with Crippen molar-refractivity contribution < 1.29 is 13.5 Å². The van der Waals surface area contributed by atoms with Gasteiger partial charge in [0, 0.05) is 23.2 Å². The molecule has 1 fully saturated rings. The summed E-state index contributed by atoms with van der Waals surface area (Å²) in [6, 6.07) is 9.38. The number of fused-ring (bicyclic) bond motifs is 2. The number of H-pyrrole nitrogens is 1. The van der Waals surface area contributed by atoms with Gasteiger partial charge in [-0.25, -0.2) is 18.7 Å². The topological polar surface area (TPSA) is 69.3 Å². The molecule has 38 heavy (non-hydrogen) atoms. The summed E-state index contributed by atoms with van der Waals surface area (Å²) in [7, 11) is 2.16. The van der Waals surface area contributed by atoms with Gasteiger partial charge >= 0.3 is 0 Å². The Labute approximate surface area is 220 Å².